The van der Waals surface area contributed by atoms with Crippen molar-refractivity contribution in [2.45, 2.75) is 58.5 Å². The highest BCUT2D eigenvalue weighted by Crippen LogP contribution is 2.39. The van der Waals surface area contributed by atoms with Crippen LogP contribution in [0.5, 0.6) is 0 Å². The summed E-state index contributed by atoms with van der Waals surface area (Å²) in [6.07, 6.45) is 6.59. The maximum absolute atomic E-state index is 11.9. The lowest BCUT2D eigenvalue weighted by atomic mass is 9.72. The highest BCUT2D eigenvalue weighted by Gasteiger charge is 2.30. The van der Waals surface area contributed by atoms with E-state index < -0.39 is 17.5 Å². The van der Waals surface area contributed by atoms with Crippen LogP contribution in [0.1, 0.15) is 57.4 Å². The van der Waals surface area contributed by atoms with Gasteiger partial charge in [-0.1, -0.05) is 56.5 Å². The zero-order chi connectivity index (χ0) is 16.7. The van der Waals surface area contributed by atoms with Crippen LogP contribution in [-0.4, -0.2) is 23.0 Å². The van der Waals surface area contributed by atoms with E-state index in [1.165, 1.54) is 19.3 Å². The fraction of sp³-hybridized carbons (Fsp3) is 0.526. The molecule has 0 spiro atoms. The Kier molecular flexibility index (Phi) is 7.79. The van der Waals surface area contributed by atoms with Crippen molar-refractivity contribution in [2.24, 2.45) is 5.41 Å². The van der Waals surface area contributed by atoms with Gasteiger partial charge in [0.15, 0.2) is 0 Å². The third-order valence-corrected chi connectivity index (χ3v) is 4.67. The Hall–Kier alpha value is -2.01. The van der Waals surface area contributed by atoms with Gasteiger partial charge in [-0.25, -0.2) is 4.79 Å². The van der Waals surface area contributed by atoms with Crippen LogP contribution in [0.25, 0.3) is 0 Å². The van der Waals surface area contributed by atoms with Gasteiger partial charge in [0.1, 0.15) is 6.61 Å². The van der Waals surface area contributed by atoms with Crippen molar-refractivity contribution in [1.29, 1.82) is 0 Å². The monoisotopic (exact) mass is 334 g/mol. The second kappa shape index (κ2) is 9.33. The normalized spacial score (nSPS) is 15.9. The quantitative estimate of drug-likeness (QED) is 0.435. The van der Waals surface area contributed by atoms with Gasteiger partial charge in [-0.2, -0.15) is 0 Å². The average Bonchev–Trinajstić information content (AvgIpc) is 2.58. The number of Topliss-reactive ketones (excluding diaryl/α,β-unsaturated/α-hetero) is 2. The van der Waals surface area contributed by atoms with Crippen LogP contribution in [0, 0.1) is 5.41 Å². The number of rotatable bonds is 7. The van der Waals surface area contributed by atoms with E-state index in [2.05, 4.69) is 6.92 Å². The van der Waals surface area contributed by atoms with Crippen LogP contribution in [0.2, 0.25) is 0 Å². The van der Waals surface area contributed by atoms with E-state index in [9.17, 15) is 14.4 Å². The largest absolute Gasteiger partial charge is 0.455 e. The molecule has 1 fully saturated rings. The van der Waals surface area contributed by atoms with Crippen molar-refractivity contribution in [1.82, 2.24) is 0 Å². The highest BCUT2D eigenvalue weighted by molar-refractivity contribution is 6.62. The minimum Gasteiger partial charge on any atom is -0.455 e. The molecular formula is C19H26O5. The molecule has 0 aliphatic heterocycles. The van der Waals surface area contributed by atoms with Crippen molar-refractivity contribution < 1.29 is 24.6 Å². The second-order valence-corrected chi connectivity index (χ2v) is 6.69. The highest BCUT2D eigenvalue weighted by atomic mass is 16.5. The summed E-state index contributed by atoms with van der Waals surface area (Å²) in [6.45, 7) is 2.17. The van der Waals surface area contributed by atoms with Gasteiger partial charge in [0.25, 0.3) is 0 Å². The number of ketones is 2. The van der Waals surface area contributed by atoms with Gasteiger partial charge in [-0.15, -0.1) is 0 Å². The molecule has 1 saturated carbocycles. The standard InChI is InChI=1S/C19H24O4.H2O/c1-19(11-6-3-7-12-19)13-10-16(20)17(21)18(22)23-14-15-8-4-2-5-9-15;/h2,4-5,8-9H,3,6-7,10-14H2,1H3;1H2. The fourth-order valence-electron chi connectivity index (χ4n) is 3.09. The molecule has 1 aromatic carbocycles. The predicted molar refractivity (Wildman–Crippen MR) is 90.3 cm³/mol. The van der Waals surface area contributed by atoms with Crippen molar-refractivity contribution >= 4 is 17.5 Å². The summed E-state index contributed by atoms with van der Waals surface area (Å²) >= 11 is 0. The number of esters is 1. The molecule has 0 saturated heterocycles. The molecule has 1 aromatic rings. The van der Waals surface area contributed by atoms with E-state index in [-0.39, 0.29) is 23.9 Å². The molecule has 2 N–H and O–H groups in total. The summed E-state index contributed by atoms with van der Waals surface area (Å²) in [4.78, 5) is 35.4. The summed E-state index contributed by atoms with van der Waals surface area (Å²) in [6, 6.07) is 9.08. The molecule has 0 aromatic heterocycles. The Morgan fingerprint density at radius 1 is 1.04 bits per heavy atom. The number of ether oxygens (including phenoxy) is 1. The van der Waals surface area contributed by atoms with E-state index in [0.29, 0.717) is 6.42 Å². The zero-order valence-electron chi connectivity index (χ0n) is 14.2. The number of benzene rings is 1. The Morgan fingerprint density at radius 3 is 2.29 bits per heavy atom. The molecule has 0 radical (unpaired) electrons. The predicted octanol–water partition coefficient (Wildman–Crippen LogP) is 2.79. The molecule has 0 bridgehead atoms. The molecule has 2 rings (SSSR count). The third-order valence-electron chi connectivity index (χ3n) is 4.67. The molecular weight excluding hydrogens is 308 g/mol. The summed E-state index contributed by atoms with van der Waals surface area (Å²) in [5, 5.41) is 0. The molecule has 5 nitrogen and oxygen atoms in total. The van der Waals surface area contributed by atoms with Gasteiger partial charge in [-0.05, 0) is 30.2 Å². The molecule has 132 valence electrons. The minimum atomic E-state index is -1.05. The van der Waals surface area contributed by atoms with Crippen molar-refractivity contribution in [3.05, 3.63) is 35.9 Å². The Labute approximate surface area is 142 Å². The molecule has 0 unspecified atom stereocenters. The smallest absolute Gasteiger partial charge is 0.383 e. The van der Waals surface area contributed by atoms with Gasteiger partial charge >= 0.3 is 11.8 Å². The lowest BCUT2D eigenvalue weighted by Gasteiger charge is -2.33. The zero-order valence-corrected chi connectivity index (χ0v) is 14.2. The summed E-state index contributed by atoms with van der Waals surface area (Å²) in [5.74, 6) is -2.71. The van der Waals surface area contributed by atoms with E-state index in [1.807, 2.05) is 18.2 Å². The first kappa shape index (κ1) is 20.0. The van der Waals surface area contributed by atoms with Gasteiger partial charge in [0, 0.05) is 6.42 Å². The van der Waals surface area contributed by atoms with Gasteiger partial charge in [0.05, 0.1) is 0 Å². The summed E-state index contributed by atoms with van der Waals surface area (Å²) in [5.41, 5.74) is 0.915. The minimum absolute atomic E-state index is 0. The molecule has 1 aliphatic carbocycles. The lowest BCUT2D eigenvalue weighted by Crippen LogP contribution is -2.28. The number of hydrogen-bond acceptors (Lipinski definition) is 4. The SMILES string of the molecule is CC1(CCC(=O)C(=O)C(=O)OCc2ccccc2)CCCCC1.O. The first-order valence-corrected chi connectivity index (χ1v) is 8.28. The van der Waals surface area contributed by atoms with Crippen LogP contribution < -0.4 is 0 Å². The number of carbonyl (C=O) groups excluding carboxylic acids is 3. The summed E-state index contributed by atoms with van der Waals surface area (Å²) < 4.78 is 4.92. The molecule has 1 aliphatic rings. The maximum Gasteiger partial charge on any atom is 0.383 e. The Bertz CT molecular complexity index is 558. The number of hydrogen-bond donors (Lipinski definition) is 0. The van der Waals surface area contributed by atoms with Crippen molar-refractivity contribution in [3.8, 4) is 0 Å². The van der Waals surface area contributed by atoms with Crippen molar-refractivity contribution in [3.63, 3.8) is 0 Å². The van der Waals surface area contributed by atoms with Crippen LogP contribution in [-0.2, 0) is 25.7 Å². The number of carbonyl (C=O) groups is 3. The van der Waals surface area contributed by atoms with Crippen LogP contribution >= 0.6 is 0 Å². The van der Waals surface area contributed by atoms with E-state index in [0.717, 1.165) is 18.4 Å². The molecule has 0 amide bonds. The van der Waals surface area contributed by atoms with E-state index in [1.54, 1.807) is 12.1 Å². The summed E-state index contributed by atoms with van der Waals surface area (Å²) in [7, 11) is 0. The van der Waals surface area contributed by atoms with Gasteiger partial charge in [-0.3, -0.25) is 9.59 Å². The fourth-order valence-corrected chi connectivity index (χ4v) is 3.09. The first-order valence-electron chi connectivity index (χ1n) is 8.28. The lowest BCUT2D eigenvalue weighted by molar-refractivity contribution is -0.157. The van der Waals surface area contributed by atoms with E-state index >= 15 is 0 Å². The topological polar surface area (TPSA) is 91.9 Å². The van der Waals surface area contributed by atoms with Crippen LogP contribution in [0.3, 0.4) is 0 Å². The molecule has 0 heterocycles. The van der Waals surface area contributed by atoms with Gasteiger partial charge < -0.3 is 10.2 Å². The third kappa shape index (κ3) is 5.89. The van der Waals surface area contributed by atoms with Crippen LogP contribution in [0.4, 0.5) is 0 Å². The van der Waals surface area contributed by atoms with Crippen molar-refractivity contribution in [2.75, 3.05) is 0 Å². The van der Waals surface area contributed by atoms with E-state index in [4.69, 9.17) is 4.74 Å². The first-order chi connectivity index (χ1) is 11.0. The molecule has 5 heteroatoms. The second-order valence-electron chi connectivity index (χ2n) is 6.69. The Morgan fingerprint density at radius 2 is 1.67 bits per heavy atom. The average molecular weight is 334 g/mol. The molecule has 0 atom stereocenters. The van der Waals surface area contributed by atoms with Crippen LogP contribution in [0.15, 0.2) is 30.3 Å². The van der Waals surface area contributed by atoms with Gasteiger partial charge in [0.2, 0.25) is 5.78 Å². The molecule has 24 heavy (non-hydrogen) atoms. The maximum atomic E-state index is 11.9. The Balaban J connectivity index is 0.00000288.